The minimum absolute atomic E-state index is 0.0581. The Bertz CT molecular complexity index is 2700. The summed E-state index contributed by atoms with van der Waals surface area (Å²) < 4.78 is 66.3. The molecule has 2 saturated carbocycles. The molecule has 7 heterocycles. The van der Waals surface area contributed by atoms with Crippen LogP contribution < -0.4 is 15.5 Å². The molecular weight excluding hydrogens is 872 g/mol. The van der Waals surface area contributed by atoms with Gasteiger partial charge in [-0.05, 0) is 69.4 Å². The number of para-hydroxylation sites is 1. The third-order valence-corrected chi connectivity index (χ3v) is 13.7. The maximum absolute atomic E-state index is 15.6. The lowest BCUT2D eigenvalue weighted by atomic mass is 9.85. The van der Waals surface area contributed by atoms with Crippen molar-refractivity contribution in [3.8, 4) is 11.8 Å². The number of carbonyl (C=O) groups excluding carboxylic acids is 3. The molecule has 0 radical (unpaired) electrons. The molecule has 1 aromatic carbocycles. The number of carbonyl (C=O) groups is 3. The van der Waals surface area contributed by atoms with Gasteiger partial charge in [0.1, 0.15) is 24.2 Å². The van der Waals surface area contributed by atoms with Crippen molar-refractivity contribution in [2.75, 3.05) is 69.9 Å². The van der Waals surface area contributed by atoms with Gasteiger partial charge in [-0.15, -0.1) is 0 Å². The van der Waals surface area contributed by atoms with Crippen LogP contribution >= 0.6 is 0 Å². The van der Waals surface area contributed by atoms with Crippen LogP contribution in [0, 0.1) is 17.8 Å². The van der Waals surface area contributed by atoms with E-state index < -0.39 is 36.2 Å². The molecule has 5 fully saturated rings. The lowest BCUT2D eigenvalue weighted by Crippen LogP contribution is -2.47. The van der Waals surface area contributed by atoms with E-state index in [-0.39, 0.29) is 60.8 Å². The Balaban J connectivity index is 0.711. The fourth-order valence-electron chi connectivity index (χ4n) is 10.1. The Hall–Kier alpha value is -5.88. The Morgan fingerprint density at radius 3 is 2.64 bits per heavy atom. The lowest BCUT2D eigenvalue weighted by molar-refractivity contribution is -0.134. The number of piperidine rings is 2. The number of nitrogens with one attached hydrogen (secondary N) is 2. The van der Waals surface area contributed by atoms with Crippen molar-refractivity contribution in [3.63, 3.8) is 0 Å². The Kier molecular flexibility index (Phi) is 13.0. The van der Waals surface area contributed by atoms with Crippen molar-refractivity contribution >= 4 is 45.8 Å². The van der Waals surface area contributed by atoms with E-state index in [1.165, 1.54) is 16.9 Å². The number of hydrogen-bond acceptors (Lipinski definition) is 12. The van der Waals surface area contributed by atoms with Crippen LogP contribution in [0.25, 0.3) is 16.6 Å². The quantitative estimate of drug-likeness (QED) is 0.114. The van der Waals surface area contributed by atoms with Crippen molar-refractivity contribution in [3.05, 3.63) is 65.4 Å². The van der Waals surface area contributed by atoms with E-state index in [0.717, 1.165) is 48.7 Å². The predicted octanol–water partition coefficient (Wildman–Crippen LogP) is 5.38. The zero-order valence-corrected chi connectivity index (χ0v) is 37.3. The van der Waals surface area contributed by atoms with Gasteiger partial charge < -0.3 is 24.4 Å². The first kappa shape index (κ1) is 44.9. The number of rotatable bonds is 13. The highest BCUT2D eigenvalue weighted by Gasteiger charge is 2.36. The number of alkyl halides is 3. The zero-order valence-electron chi connectivity index (χ0n) is 37.3. The van der Waals surface area contributed by atoms with Crippen LogP contribution in [-0.2, 0) is 23.8 Å². The number of imide groups is 1. The van der Waals surface area contributed by atoms with Gasteiger partial charge in [-0.2, -0.15) is 15.3 Å². The van der Waals surface area contributed by atoms with Gasteiger partial charge in [0.25, 0.3) is 12.3 Å². The molecule has 4 aromatic heterocycles. The number of nitrogens with zero attached hydrogens (tertiary/aromatic N) is 9. The Morgan fingerprint density at radius 1 is 1.03 bits per heavy atom. The summed E-state index contributed by atoms with van der Waals surface area (Å²) in [5.74, 6) is 5.56. The van der Waals surface area contributed by atoms with Crippen molar-refractivity contribution in [2.45, 2.75) is 101 Å². The van der Waals surface area contributed by atoms with E-state index in [2.05, 4.69) is 37.6 Å². The smallest absolute Gasteiger partial charge is 0.284 e. The van der Waals surface area contributed by atoms with Crippen LogP contribution in [-0.4, -0.2) is 135 Å². The number of halogens is 3. The van der Waals surface area contributed by atoms with Crippen LogP contribution in [0.2, 0.25) is 0 Å². The van der Waals surface area contributed by atoms with Gasteiger partial charge in [0.2, 0.25) is 11.8 Å². The number of fused-ring (bicyclic) bond motifs is 2. The van der Waals surface area contributed by atoms with Crippen molar-refractivity contribution in [1.82, 2.24) is 44.4 Å². The largest absolute Gasteiger partial charge is 0.382 e. The average molecular weight is 926 g/mol. The van der Waals surface area contributed by atoms with E-state index >= 15 is 4.39 Å². The second kappa shape index (κ2) is 19.4. The number of hydrogen-bond donors (Lipinski definition) is 2. The van der Waals surface area contributed by atoms with Crippen molar-refractivity contribution < 1.29 is 41.8 Å². The number of benzene rings is 1. The van der Waals surface area contributed by atoms with E-state index in [0.29, 0.717) is 81.6 Å². The number of anilines is 2. The van der Waals surface area contributed by atoms with E-state index in [1.807, 2.05) is 27.8 Å². The van der Waals surface area contributed by atoms with Gasteiger partial charge >= 0.3 is 0 Å². The topological polar surface area (TPSA) is 175 Å². The fourth-order valence-corrected chi connectivity index (χ4v) is 10.1. The summed E-state index contributed by atoms with van der Waals surface area (Å²) in [5, 5.41) is 19.4. The van der Waals surface area contributed by atoms with Crippen LogP contribution in [0.5, 0.6) is 0 Å². The average Bonchev–Trinajstić information content (AvgIpc) is 3.75. The zero-order chi connectivity index (χ0) is 46.2. The Labute approximate surface area is 384 Å². The second-order valence-corrected chi connectivity index (χ2v) is 18.3. The third kappa shape index (κ3) is 9.64. The molecule has 2 N–H and O–H groups in total. The molecule has 354 valence electrons. The van der Waals surface area contributed by atoms with E-state index in [1.54, 1.807) is 24.1 Å². The van der Waals surface area contributed by atoms with Crippen molar-refractivity contribution in [1.29, 1.82) is 0 Å². The van der Waals surface area contributed by atoms with Gasteiger partial charge in [0.05, 0.1) is 72.1 Å². The van der Waals surface area contributed by atoms with E-state index in [9.17, 15) is 23.2 Å². The van der Waals surface area contributed by atoms with Crippen LogP contribution in [0.4, 0.5) is 24.7 Å². The molecule has 5 aromatic rings. The number of likely N-dealkylation sites (tertiary alicyclic amines) is 1. The minimum atomic E-state index is -2.91. The molecular formula is C47H54F3N11O6. The number of methoxy groups -OCH3 is 1. The van der Waals surface area contributed by atoms with E-state index in [4.69, 9.17) is 24.3 Å². The molecule has 3 aliphatic heterocycles. The minimum Gasteiger partial charge on any atom is -0.382 e. The second-order valence-electron chi connectivity index (χ2n) is 18.3. The molecule has 0 spiro atoms. The summed E-state index contributed by atoms with van der Waals surface area (Å²) in [5.41, 5.74) is 2.18. The maximum atomic E-state index is 15.6. The summed E-state index contributed by atoms with van der Waals surface area (Å²) in [4.78, 5) is 47.1. The monoisotopic (exact) mass is 925 g/mol. The summed E-state index contributed by atoms with van der Waals surface area (Å²) in [6.45, 7) is 3.85. The lowest BCUT2D eigenvalue weighted by Gasteiger charge is -2.38. The molecule has 2 unspecified atom stereocenters. The maximum Gasteiger partial charge on any atom is 0.284 e. The molecule has 67 heavy (non-hydrogen) atoms. The third-order valence-electron chi connectivity index (χ3n) is 13.7. The number of morpholine rings is 1. The number of aromatic nitrogens is 7. The number of ether oxygens (including phenoxy) is 3. The standard InChI is InChI=1S/C47H54F3N11O6/c1-65-27-32-24-58(19-21-66-32)39-16-18-59-45(53-39)35(22-51-59)47(64)52-37-26-60(55-42(37)44(49)50)30-9-7-28(8-10-30)23-57-17-15-38(36(48)25-57)67-20-3-5-29-4-2-6-33-41(34-13-14-40(62)54-46(34)63)56-61(43(29)33)31-11-12-31/h2,4,6,16,18,22,26,28,30-32,34,36,38,44H,7-15,17,19-21,23-25,27H2,1H3,(H,52,64)(H,54,62,63)/t28-,30-,32?,34?,36-,38+/m1/s1. The van der Waals surface area contributed by atoms with Gasteiger partial charge in [0, 0.05) is 64.0 Å². The molecule has 3 saturated heterocycles. The molecule has 4 atom stereocenters. The molecule has 5 aliphatic rings. The molecule has 20 heteroatoms. The summed E-state index contributed by atoms with van der Waals surface area (Å²) in [6.07, 6.45) is 6.07. The first-order chi connectivity index (χ1) is 32.6. The molecule has 17 nitrogen and oxygen atoms in total. The van der Waals surface area contributed by atoms with Gasteiger partial charge in [-0.1, -0.05) is 24.0 Å². The van der Waals surface area contributed by atoms with Gasteiger partial charge in [0.15, 0.2) is 11.3 Å². The molecule has 10 rings (SSSR count). The molecule has 0 bridgehead atoms. The first-order valence-corrected chi connectivity index (χ1v) is 23.3. The molecule has 3 amide bonds. The SMILES string of the molecule is COCC1CN(c2ccn3ncc(C(=O)Nc4cn([C@H]5CC[C@H](CN6CC[C@H](OCC#Cc7cccc8c(C9CCC(=O)NC9=O)nn(C9CC9)c78)[C@H](F)C6)CC5)nc4C(F)F)c3n2)CCO1. The fraction of sp³-hybridized carbons (Fsp3) is 0.553. The molecule has 2 aliphatic carbocycles. The highest BCUT2D eigenvalue weighted by Crippen LogP contribution is 2.41. The number of amides is 3. The van der Waals surface area contributed by atoms with Crippen LogP contribution in [0.15, 0.2) is 42.9 Å². The Morgan fingerprint density at radius 2 is 1.87 bits per heavy atom. The highest BCUT2D eigenvalue weighted by atomic mass is 19.3. The van der Waals surface area contributed by atoms with Crippen LogP contribution in [0.3, 0.4) is 0 Å². The summed E-state index contributed by atoms with van der Waals surface area (Å²) in [6, 6.07) is 7.68. The summed E-state index contributed by atoms with van der Waals surface area (Å²) in [7, 11) is 1.62. The van der Waals surface area contributed by atoms with Crippen molar-refractivity contribution in [2.24, 2.45) is 5.92 Å². The summed E-state index contributed by atoms with van der Waals surface area (Å²) >= 11 is 0. The van der Waals surface area contributed by atoms with Gasteiger partial charge in [-0.25, -0.2) is 22.7 Å². The van der Waals surface area contributed by atoms with Crippen LogP contribution in [0.1, 0.15) is 110 Å². The predicted molar refractivity (Wildman–Crippen MR) is 239 cm³/mol. The van der Waals surface area contributed by atoms with Gasteiger partial charge in [-0.3, -0.25) is 34.0 Å². The normalized spacial score (nSPS) is 25.1. The first-order valence-electron chi connectivity index (χ1n) is 23.3. The highest BCUT2D eigenvalue weighted by molar-refractivity contribution is 6.08.